The summed E-state index contributed by atoms with van der Waals surface area (Å²) >= 11 is 0. The molecule has 114 valence electrons. The average molecular weight is 300 g/mol. The first-order chi connectivity index (χ1) is 10.5. The first kappa shape index (κ1) is 13.3. The standard InChI is InChI=1S/C16H16N2O4/c19-12-11-4-2-1-3-10(11)5-6-18(12)17-13(20)15-7-16(8-15,9-15)14(21)22/h1-4H,5-9H2,(H,17,20)(H,21,22). The van der Waals surface area contributed by atoms with Gasteiger partial charge in [-0.15, -0.1) is 0 Å². The van der Waals surface area contributed by atoms with Gasteiger partial charge in [0.2, 0.25) is 5.91 Å². The van der Waals surface area contributed by atoms with Crippen molar-refractivity contribution in [2.75, 3.05) is 6.54 Å². The zero-order chi connectivity index (χ0) is 15.5. The second-order valence-corrected chi connectivity index (χ2v) is 6.70. The maximum Gasteiger partial charge on any atom is 0.309 e. The van der Waals surface area contributed by atoms with E-state index in [1.807, 2.05) is 12.1 Å². The van der Waals surface area contributed by atoms with Crippen molar-refractivity contribution < 1.29 is 19.5 Å². The SMILES string of the molecule is O=C1c2ccccc2CCN1NC(=O)C12CC(C(=O)O)(C1)C2. The molecule has 22 heavy (non-hydrogen) atoms. The summed E-state index contributed by atoms with van der Waals surface area (Å²) in [5.41, 5.74) is 3.05. The smallest absolute Gasteiger partial charge is 0.309 e. The van der Waals surface area contributed by atoms with E-state index in [4.69, 9.17) is 5.11 Å². The number of carbonyl (C=O) groups excluding carboxylic acids is 2. The first-order valence-corrected chi connectivity index (χ1v) is 7.40. The van der Waals surface area contributed by atoms with Gasteiger partial charge >= 0.3 is 5.97 Å². The second-order valence-electron chi connectivity index (χ2n) is 6.70. The van der Waals surface area contributed by atoms with Gasteiger partial charge in [-0.25, -0.2) is 5.01 Å². The lowest BCUT2D eigenvalue weighted by Gasteiger charge is -2.66. The Bertz CT molecular complexity index is 692. The Labute approximate surface area is 127 Å². The number of hydrogen-bond acceptors (Lipinski definition) is 3. The molecule has 6 nitrogen and oxygen atoms in total. The summed E-state index contributed by atoms with van der Waals surface area (Å²) in [5.74, 6) is -1.23. The Kier molecular flexibility index (Phi) is 2.47. The first-order valence-electron chi connectivity index (χ1n) is 7.40. The van der Waals surface area contributed by atoms with Gasteiger partial charge in [-0.1, -0.05) is 18.2 Å². The fraction of sp³-hybridized carbons (Fsp3) is 0.438. The lowest BCUT2D eigenvalue weighted by atomic mass is 9.35. The third-order valence-corrected chi connectivity index (χ3v) is 5.30. The van der Waals surface area contributed by atoms with Gasteiger partial charge in [0.1, 0.15) is 0 Å². The van der Waals surface area contributed by atoms with E-state index in [1.165, 1.54) is 5.01 Å². The topological polar surface area (TPSA) is 86.7 Å². The molecular weight excluding hydrogens is 284 g/mol. The summed E-state index contributed by atoms with van der Waals surface area (Å²) in [6, 6.07) is 7.38. The number of hydrogen-bond donors (Lipinski definition) is 2. The van der Waals surface area contributed by atoms with E-state index in [1.54, 1.807) is 12.1 Å². The molecule has 1 aromatic rings. The number of nitrogens with zero attached hydrogens (tertiary/aromatic N) is 1. The van der Waals surface area contributed by atoms with Gasteiger partial charge in [-0.3, -0.25) is 19.8 Å². The second kappa shape index (κ2) is 4.09. The van der Waals surface area contributed by atoms with E-state index < -0.39 is 16.8 Å². The molecule has 2 bridgehead atoms. The van der Waals surface area contributed by atoms with E-state index >= 15 is 0 Å². The third kappa shape index (κ3) is 1.58. The van der Waals surface area contributed by atoms with Crippen molar-refractivity contribution in [2.24, 2.45) is 10.8 Å². The fourth-order valence-corrected chi connectivity index (χ4v) is 4.03. The highest BCUT2D eigenvalue weighted by Gasteiger charge is 2.75. The van der Waals surface area contributed by atoms with Gasteiger partial charge in [-0.05, 0) is 37.3 Å². The Hall–Kier alpha value is -2.37. The highest BCUT2D eigenvalue weighted by molar-refractivity contribution is 5.99. The summed E-state index contributed by atoms with van der Waals surface area (Å²) in [6.07, 6.45) is 1.87. The van der Waals surface area contributed by atoms with Crippen molar-refractivity contribution in [3.63, 3.8) is 0 Å². The van der Waals surface area contributed by atoms with Crippen molar-refractivity contribution in [1.82, 2.24) is 10.4 Å². The highest BCUT2D eigenvalue weighted by atomic mass is 16.4. The number of benzene rings is 1. The number of carboxylic acids is 1. The van der Waals surface area contributed by atoms with E-state index in [2.05, 4.69) is 5.43 Å². The summed E-state index contributed by atoms with van der Waals surface area (Å²) in [6.45, 7) is 0.446. The van der Waals surface area contributed by atoms with Gasteiger partial charge < -0.3 is 5.11 Å². The minimum absolute atomic E-state index is 0.199. The summed E-state index contributed by atoms with van der Waals surface area (Å²) in [5, 5.41) is 10.5. The molecule has 3 fully saturated rings. The van der Waals surface area contributed by atoms with Gasteiger partial charge in [-0.2, -0.15) is 0 Å². The Morgan fingerprint density at radius 1 is 1.14 bits per heavy atom. The molecule has 1 heterocycles. The molecule has 1 aliphatic heterocycles. The third-order valence-electron chi connectivity index (χ3n) is 5.30. The fourth-order valence-electron chi connectivity index (χ4n) is 4.03. The lowest BCUT2D eigenvalue weighted by molar-refractivity contribution is -0.222. The molecule has 3 saturated carbocycles. The normalized spacial score (nSPS) is 31.6. The number of carbonyl (C=O) groups is 3. The molecule has 0 spiro atoms. The monoisotopic (exact) mass is 300 g/mol. The number of rotatable bonds is 3. The van der Waals surface area contributed by atoms with Crippen LogP contribution in [0.5, 0.6) is 0 Å². The largest absolute Gasteiger partial charge is 0.481 e. The van der Waals surface area contributed by atoms with Gasteiger partial charge in [0, 0.05) is 12.1 Å². The summed E-state index contributed by atoms with van der Waals surface area (Å²) in [7, 11) is 0. The van der Waals surface area contributed by atoms with Gasteiger partial charge in [0.05, 0.1) is 10.8 Å². The van der Waals surface area contributed by atoms with E-state index in [-0.39, 0.29) is 11.8 Å². The van der Waals surface area contributed by atoms with Crippen molar-refractivity contribution >= 4 is 17.8 Å². The molecule has 6 heteroatoms. The zero-order valence-electron chi connectivity index (χ0n) is 12.0. The minimum Gasteiger partial charge on any atom is -0.481 e. The molecule has 2 amide bonds. The molecule has 0 aromatic heterocycles. The number of amides is 2. The number of nitrogens with one attached hydrogen (secondary N) is 1. The predicted molar refractivity (Wildman–Crippen MR) is 75.7 cm³/mol. The molecule has 0 radical (unpaired) electrons. The van der Waals surface area contributed by atoms with Crippen LogP contribution >= 0.6 is 0 Å². The molecule has 2 N–H and O–H groups in total. The van der Waals surface area contributed by atoms with Crippen LogP contribution in [-0.2, 0) is 16.0 Å². The quantitative estimate of drug-likeness (QED) is 0.871. The van der Waals surface area contributed by atoms with Crippen LogP contribution in [0.4, 0.5) is 0 Å². The Balaban J connectivity index is 1.45. The molecule has 3 aliphatic carbocycles. The molecular formula is C16H16N2O4. The summed E-state index contributed by atoms with van der Waals surface area (Å²) in [4.78, 5) is 35.9. The van der Waals surface area contributed by atoms with Crippen LogP contribution in [0.15, 0.2) is 24.3 Å². The molecule has 1 aromatic carbocycles. The van der Waals surface area contributed by atoms with Crippen LogP contribution in [0.3, 0.4) is 0 Å². The molecule has 5 rings (SSSR count). The van der Waals surface area contributed by atoms with Crippen LogP contribution in [0.25, 0.3) is 0 Å². The molecule has 4 aliphatic rings. The average Bonchev–Trinajstić information content (AvgIpc) is 2.39. The lowest BCUT2D eigenvalue weighted by Crippen LogP contribution is -2.72. The highest BCUT2D eigenvalue weighted by Crippen LogP contribution is 2.73. The summed E-state index contributed by atoms with van der Waals surface area (Å²) < 4.78 is 0. The van der Waals surface area contributed by atoms with Crippen LogP contribution < -0.4 is 5.43 Å². The molecule has 0 unspecified atom stereocenters. The van der Waals surface area contributed by atoms with E-state index in [9.17, 15) is 14.4 Å². The number of hydrazine groups is 1. The van der Waals surface area contributed by atoms with Crippen molar-refractivity contribution in [1.29, 1.82) is 0 Å². The number of carboxylic acid groups (broad SMARTS) is 1. The van der Waals surface area contributed by atoms with Crippen molar-refractivity contribution in [3.05, 3.63) is 35.4 Å². The van der Waals surface area contributed by atoms with Crippen LogP contribution in [0.2, 0.25) is 0 Å². The van der Waals surface area contributed by atoms with Crippen LogP contribution in [-0.4, -0.2) is 34.4 Å². The maximum absolute atomic E-state index is 12.4. The van der Waals surface area contributed by atoms with Gasteiger partial charge in [0.15, 0.2) is 0 Å². The number of aliphatic carboxylic acids is 1. The minimum atomic E-state index is -0.815. The number of fused-ring (bicyclic) bond motifs is 1. The van der Waals surface area contributed by atoms with Gasteiger partial charge in [0.25, 0.3) is 5.91 Å². The Morgan fingerprint density at radius 3 is 2.50 bits per heavy atom. The zero-order valence-corrected chi connectivity index (χ0v) is 12.0. The maximum atomic E-state index is 12.4. The van der Waals surface area contributed by atoms with Crippen molar-refractivity contribution in [2.45, 2.75) is 25.7 Å². The predicted octanol–water partition coefficient (Wildman–Crippen LogP) is 0.971. The van der Waals surface area contributed by atoms with E-state index in [0.717, 1.165) is 5.56 Å². The molecule has 0 saturated heterocycles. The van der Waals surface area contributed by atoms with E-state index in [0.29, 0.717) is 37.8 Å². The van der Waals surface area contributed by atoms with Crippen LogP contribution in [0, 0.1) is 10.8 Å². The molecule has 0 atom stereocenters. The Morgan fingerprint density at radius 2 is 1.82 bits per heavy atom. The van der Waals surface area contributed by atoms with Crippen molar-refractivity contribution in [3.8, 4) is 0 Å². The van der Waals surface area contributed by atoms with Crippen LogP contribution in [0.1, 0.15) is 35.2 Å².